The molecule has 106 valence electrons. The topological polar surface area (TPSA) is 23.8 Å². The highest BCUT2D eigenvalue weighted by Crippen LogP contribution is 2.35. The van der Waals surface area contributed by atoms with Crippen molar-refractivity contribution in [1.29, 1.82) is 5.26 Å². The van der Waals surface area contributed by atoms with E-state index in [0.29, 0.717) is 0 Å². The minimum Gasteiger partial charge on any atom is -0.193 e. The van der Waals surface area contributed by atoms with Gasteiger partial charge in [0.05, 0.1) is 6.07 Å². The molecular formula is C17H29NSi. The molecule has 2 heteroatoms. The summed E-state index contributed by atoms with van der Waals surface area (Å²) >= 11 is 0. The zero-order valence-corrected chi connectivity index (χ0v) is 14.8. The molecule has 0 unspecified atom stereocenters. The second-order valence-electron chi connectivity index (χ2n) is 6.69. The maximum absolute atomic E-state index is 9.28. The lowest BCUT2D eigenvalue weighted by molar-refractivity contribution is 0.731. The van der Waals surface area contributed by atoms with Crippen LogP contribution in [0.25, 0.3) is 0 Å². The molecule has 0 saturated carbocycles. The van der Waals surface area contributed by atoms with Crippen LogP contribution in [0, 0.1) is 22.8 Å². The van der Waals surface area contributed by atoms with Crippen LogP contribution in [0.4, 0.5) is 0 Å². The molecule has 0 rings (SSSR count). The van der Waals surface area contributed by atoms with Crippen LogP contribution in [0.5, 0.6) is 0 Å². The summed E-state index contributed by atoms with van der Waals surface area (Å²) in [5, 5.41) is 9.55. The van der Waals surface area contributed by atoms with E-state index in [-0.39, 0.29) is 5.04 Å². The fourth-order valence-corrected chi connectivity index (χ4v) is 2.32. The van der Waals surface area contributed by atoms with E-state index in [1.54, 1.807) is 0 Å². The predicted octanol–water partition coefficient (Wildman–Crippen LogP) is 5.46. The van der Waals surface area contributed by atoms with Crippen molar-refractivity contribution in [3.63, 3.8) is 0 Å². The quantitative estimate of drug-likeness (QED) is 0.380. The van der Waals surface area contributed by atoms with Crippen molar-refractivity contribution in [2.45, 2.75) is 78.4 Å². The first-order valence-corrected chi connectivity index (χ1v) is 10.3. The maximum Gasteiger partial charge on any atom is 0.138 e. The average molecular weight is 276 g/mol. The van der Waals surface area contributed by atoms with Gasteiger partial charge in [-0.2, -0.15) is 5.26 Å². The molecule has 0 heterocycles. The van der Waals surface area contributed by atoms with Crippen LogP contribution in [0.1, 0.15) is 60.3 Å². The van der Waals surface area contributed by atoms with Gasteiger partial charge in [-0.25, -0.2) is 0 Å². The van der Waals surface area contributed by atoms with Gasteiger partial charge in [0.1, 0.15) is 8.07 Å². The minimum absolute atomic E-state index is 0.273. The lowest BCUT2D eigenvalue weighted by Crippen LogP contribution is -2.35. The van der Waals surface area contributed by atoms with Crippen LogP contribution in [0.3, 0.4) is 0 Å². The Hall–Kier alpha value is -0.993. The Morgan fingerprint density at radius 2 is 1.47 bits per heavy atom. The molecule has 0 aliphatic carbocycles. The predicted molar refractivity (Wildman–Crippen MR) is 87.4 cm³/mol. The summed E-state index contributed by atoms with van der Waals surface area (Å²) in [4.78, 5) is 0. The number of nitrogens with zero attached hydrogens (tertiary/aromatic N) is 1. The highest BCUT2D eigenvalue weighted by atomic mass is 28.3. The summed E-state index contributed by atoms with van der Waals surface area (Å²) in [6.07, 6.45) is 3.86. The van der Waals surface area contributed by atoms with E-state index < -0.39 is 8.07 Å². The molecule has 0 spiro atoms. The van der Waals surface area contributed by atoms with Gasteiger partial charge in [0.2, 0.25) is 0 Å². The first kappa shape index (κ1) is 18.0. The van der Waals surface area contributed by atoms with Gasteiger partial charge in [-0.05, 0) is 17.9 Å². The van der Waals surface area contributed by atoms with Crippen molar-refractivity contribution in [3.8, 4) is 17.5 Å². The van der Waals surface area contributed by atoms with Gasteiger partial charge >= 0.3 is 0 Å². The van der Waals surface area contributed by atoms with Crippen LogP contribution in [0.2, 0.25) is 18.1 Å². The number of rotatable bonds is 4. The number of nitriles is 1. The largest absolute Gasteiger partial charge is 0.193 e. The molecule has 0 aromatic rings. The van der Waals surface area contributed by atoms with Crippen LogP contribution in [-0.2, 0) is 0 Å². The van der Waals surface area contributed by atoms with Gasteiger partial charge < -0.3 is 0 Å². The second-order valence-corrected chi connectivity index (χ2v) is 11.7. The molecule has 0 atom stereocenters. The fourth-order valence-electron chi connectivity index (χ4n) is 1.48. The van der Waals surface area contributed by atoms with Crippen molar-refractivity contribution >= 4 is 8.07 Å². The van der Waals surface area contributed by atoms with Gasteiger partial charge in [0.15, 0.2) is 0 Å². The molecule has 0 radical (unpaired) electrons. The summed E-state index contributed by atoms with van der Waals surface area (Å²) < 4.78 is 0. The first-order valence-electron chi connectivity index (χ1n) is 7.34. The smallest absolute Gasteiger partial charge is 0.138 e. The third kappa shape index (κ3) is 5.66. The Kier molecular flexibility index (Phi) is 7.17. The Bertz CT molecular complexity index is 419. The molecule has 0 aliphatic heterocycles. The minimum atomic E-state index is -1.58. The highest BCUT2D eigenvalue weighted by molar-refractivity contribution is 6.87. The molecule has 0 aromatic heterocycles. The Morgan fingerprint density at radius 3 is 1.84 bits per heavy atom. The van der Waals surface area contributed by atoms with Gasteiger partial charge in [-0.15, -0.1) is 5.54 Å². The third-order valence-corrected chi connectivity index (χ3v) is 8.40. The highest BCUT2D eigenvalue weighted by Gasteiger charge is 2.33. The Balaban J connectivity index is 5.46. The standard InChI is InChI=1S/C17H29NSi/c1-8-10-15(16(14-18)11-9-2)12-13-19(6,7)17(3,4)5/h8-11H2,1-7H3/b16-15-. The zero-order chi connectivity index (χ0) is 15.1. The molecule has 0 amide bonds. The van der Waals surface area contributed by atoms with Crippen LogP contribution < -0.4 is 0 Å². The van der Waals surface area contributed by atoms with Crippen LogP contribution >= 0.6 is 0 Å². The van der Waals surface area contributed by atoms with Crippen molar-refractivity contribution in [3.05, 3.63) is 11.1 Å². The van der Waals surface area contributed by atoms with Gasteiger partial charge in [0, 0.05) is 11.1 Å². The molecule has 19 heavy (non-hydrogen) atoms. The van der Waals surface area contributed by atoms with E-state index in [1.807, 2.05) is 0 Å². The third-order valence-electron chi connectivity index (χ3n) is 3.90. The normalized spacial score (nSPS) is 13.2. The van der Waals surface area contributed by atoms with Crippen molar-refractivity contribution in [1.82, 2.24) is 0 Å². The van der Waals surface area contributed by atoms with Gasteiger partial charge in [-0.3, -0.25) is 0 Å². The number of hydrogen-bond donors (Lipinski definition) is 0. The van der Waals surface area contributed by atoms with Crippen molar-refractivity contribution < 1.29 is 0 Å². The number of hydrogen-bond acceptors (Lipinski definition) is 1. The lowest BCUT2D eigenvalue weighted by atomic mass is 10.0. The molecule has 1 nitrogen and oxygen atoms in total. The SMILES string of the molecule is CCC/C(C#N)=C(/C#C[Si](C)(C)C(C)(C)C)CCC. The number of allylic oxidation sites excluding steroid dienone is 2. The van der Waals surface area contributed by atoms with E-state index >= 15 is 0 Å². The molecule has 0 fully saturated rings. The monoisotopic (exact) mass is 275 g/mol. The second kappa shape index (κ2) is 7.56. The zero-order valence-electron chi connectivity index (χ0n) is 13.8. The molecule has 0 N–H and O–H groups in total. The Morgan fingerprint density at radius 1 is 1.00 bits per heavy atom. The maximum atomic E-state index is 9.28. The lowest BCUT2D eigenvalue weighted by Gasteiger charge is -2.31. The van der Waals surface area contributed by atoms with E-state index in [4.69, 9.17) is 0 Å². The van der Waals surface area contributed by atoms with Crippen LogP contribution in [0.15, 0.2) is 11.1 Å². The van der Waals surface area contributed by atoms with E-state index in [2.05, 4.69) is 65.2 Å². The summed E-state index contributed by atoms with van der Waals surface area (Å²) in [7, 11) is -1.58. The fraction of sp³-hybridized carbons (Fsp3) is 0.706. The average Bonchev–Trinajstić information content (AvgIpc) is 2.30. The molecule has 0 aromatic carbocycles. The molecule has 0 bridgehead atoms. The Labute approximate surface area is 121 Å². The van der Waals surface area contributed by atoms with Crippen molar-refractivity contribution in [2.24, 2.45) is 0 Å². The van der Waals surface area contributed by atoms with Crippen LogP contribution in [-0.4, -0.2) is 8.07 Å². The van der Waals surface area contributed by atoms with Crippen molar-refractivity contribution in [2.75, 3.05) is 0 Å². The van der Waals surface area contributed by atoms with Gasteiger partial charge in [0.25, 0.3) is 0 Å². The van der Waals surface area contributed by atoms with Gasteiger partial charge in [-0.1, -0.05) is 66.5 Å². The molecule has 0 aliphatic rings. The summed E-state index contributed by atoms with van der Waals surface area (Å²) in [5.74, 6) is 3.37. The molecule has 0 saturated heterocycles. The summed E-state index contributed by atoms with van der Waals surface area (Å²) in [6, 6.07) is 2.36. The first-order chi connectivity index (χ1) is 8.69. The van der Waals surface area contributed by atoms with E-state index in [0.717, 1.165) is 36.8 Å². The summed E-state index contributed by atoms with van der Waals surface area (Å²) in [6.45, 7) is 15.7. The van der Waals surface area contributed by atoms with E-state index in [1.165, 1.54) is 0 Å². The molecular weight excluding hydrogens is 246 g/mol. The summed E-state index contributed by atoms with van der Waals surface area (Å²) in [5.41, 5.74) is 5.52. The van der Waals surface area contributed by atoms with E-state index in [9.17, 15) is 5.26 Å².